The highest BCUT2D eigenvalue weighted by atomic mass is 127. The summed E-state index contributed by atoms with van der Waals surface area (Å²) in [4.78, 5) is 4.35. The van der Waals surface area contributed by atoms with E-state index in [2.05, 4.69) is 27.6 Å². The summed E-state index contributed by atoms with van der Waals surface area (Å²) in [5.74, 6) is 0. The molecule has 0 radical (unpaired) electrons. The van der Waals surface area contributed by atoms with Crippen molar-refractivity contribution < 1.29 is 5.11 Å². The summed E-state index contributed by atoms with van der Waals surface area (Å²) in [7, 11) is 0. The van der Waals surface area contributed by atoms with Gasteiger partial charge in [0.25, 0.3) is 0 Å². The lowest BCUT2D eigenvalue weighted by Crippen LogP contribution is -2.01. The Morgan fingerprint density at radius 1 is 1.38 bits per heavy atom. The largest absolute Gasteiger partial charge is 0.388 e. The summed E-state index contributed by atoms with van der Waals surface area (Å²) in [6.07, 6.45) is 0.140. The van der Waals surface area contributed by atoms with Crippen LogP contribution in [0.1, 0.15) is 22.4 Å². The van der Waals surface area contributed by atoms with Gasteiger partial charge in [0, 0.05) is 21.1 Å². The van der Waals surface area contributed by atoms with Crippen molar-refractivity contribution in [3.63, 3.8) is 0 Å². The lowest BCUT2D eigenvalue weighted by molar-refractivity contribution is 0.178. The van der Waals surface area contributed by atoms with Gasteiger partial charge in [-0.1, -0.05) is 12.1 Å². The molecule has 2 rings (SSSR count). The van der Waals surface area contributed by atoms with E-state index in [-0.39, 0.29) is 0 Å². The molecule has 1 aromatic heterocycles. The molecule has 2 nitrogen and oxygen atoms in total. The van der Waals surface area contributed by atoms with Crippen LogP contribution in [0.25, 0.3) is 0 Å². The van der Waals surface area contributed by atoms with Crippen molar-refractivity contribution >= 4 is 33.9 Å². The highest BCUT2D eigenvalue weighted by Gasteiger charge is 2.10. The molecule has 1 N–H and O–H groups in total. The molecular weight excluding hydrogens is 333 g/mol. The molecule has 0 aliphatic rings. The normalized spacial score (nSPS) is 12.7. The van der Waals surface area contributed by atoms with Gasteiger partial charge in [-0.3, -0.25) is 0 Å². The zero-order chi connectivity index (χ0) is 11.5. The Bertz CT molecular complexity index is 466. The molecule has 84 valence electrons. The smallest absolute Gasteiger partial charge is 0.0957 e. The number of hydrogen-bond donors (Lipinski definition) is 1. The monoisotopic (exact) mass is 345 g/mol. The van der Waals surface area contributed by atoms with Gasteiger partial charge in [0.1, 0.15) is 0 Å². The number of nitrogens with zero attached hydrogens (tertiary/aromatic N) is 1. The van der Waals surface area contributed by atoms with E-state index in [0.717, 1.165) is 16.3 Å². The predicted octanol–water partition coefficient (Wildman–Crippen LogP) is 3.33. The number of aliphatic hydroxyl groups excluding tert-OH is 1. The Kier molecular flexibility index (Phi) is 3.94. The fraction of sp³-hybridized carbons (Fsp3) is 0.250. The number of thiazole rings is 1. The van der Waals surface area contributed by atoms with Gasteiger partial charge in [-0.2, -0.15) is 0 Å². The van der Waals surface area contributed by atoms with Gasteiger partial charge < -0.3 is 5.11 Å². The fourth-order valence-corrected chi connectivity index (χ4v) is 2.63. The molecule has 1 aromatic carbocycles. The van der Waals surface area contributed by atoms with E-state index in [1.54, 1.807) is 11.3 Å². The van der Waals surface area contributed by atoms with Crippen LogP contribution in [0.5, 0.6) is 0 Å². The predicted molar refractivity (Wildman–Crippen MR) is 74.7 cm³/mol. The average molecular weight is 345 g/mol. The van der Waals surface area contributed by atoms with Crippen molar-refractivity contribution in [1.29, 1.82) is 0 Å². The second-order valence-corrected chi connectivity index (χ2v) is 5.84. The lowest BCUT2D eigenvalue weighted by Gasteiger charge is -2.08. The Hall–Kier alpha value is -0.460. The topological polar surface area (TPSA) is 33.1 Å². The third-order valence-corrected chi connectivity index (χ3v) is 4.00. The molecule has 1 atom stereocenters. The molecule has 1 unspecified atom stereocenters. The quantitative estimate of drug-likeness (QED) is 0.866. The summed E-state index contributed by atoms with van der Waals surface area (Å²) in [6.45, 7) is 1.97. The van der Waals surface area contributed by atoms with Crippen LogP contribution in [0.2, 0.25) is 0 Å². The van der Waals surface area contributed by atoms with Crippen molar-refractivity contribution in [2.45, 2.75) is 19.4 Å². The molecular formula is C12H12INOS. The van der Waals surface area contributed by atoms with Gasteiger partial charge in [0.15, 0.2) is 0 Å². The molecule has 2 aromatic rings. The first-order valence-electron chi connectivity index (χ1n) is 4.99. The second kappa shape index (κ2) is 5.25. The van der Waals surface area contributed by atoms with Gasteiger partial charge >= 0.3 is 0 Å². The van der Waals surface area contributed by atoms with Crippen LogP contribution in [0.4, 0.5) is 0 Å². The van der Waals surface area contributed by atoms with Crippen LogP contribution in [-0.2, 0) is 6.42 Å². The second-order valence-electron chi connectivity index (χ2n) is 3.65. The summed E-state index contributed by atoms with van der Waals surface area (Å²) in [5.41, 5.74) is 1.98. The third kappa shape index (κ3) is 3.02. The highest BCUT2D eigenvalue weighted by Crippen LogP contribution is 2.21. The lowest BCUT2D eigenvalue weighted by atomic mass is 10.1. The van der Waals surface area contributed by atoms with E-state index in [0.29, 0.717) is 6.42 Å². The molecule has 0 amide bonds. The van der Waals surface area contributed by atoms with E-state index < -0.39 is 6.10 Å². The Morgan fingerprint density at radius 3 is 2.62 bits per heavy atom. The maximum Gasteiger partial charge on any atom is 0.0957 e. The number of benzene rings is 1. The van der Waals surface area contributed by atoms with Gasteiger partial charge in [-0.25, -0.2) is 4.98 Å². The van der Waals surface area contributed by atoms with Gasteiger partial charge in [0.2, 0.25) is 0 Å². The van der Waals surface area contributed by atoms with Crippen molar-refractivity contribution in [1.82, 2.24) is 4.98 Å². The fourth-order valence-electron chi connectivity index (χ4n) is 1.46. The molecule has 0 saturated carbocycles. The first-order chi connectivity index (χ1) is 7.65. The van der Waals surface area contributed by atoms with E-state index in [4.69, 9.17) is 0 Å². The Labute approximate surface area is 112 Å². The Balaban J connectivity index is 2.08. The zero-order valence-electron chi connectivity index (χ0n) is 8.85. The van der Waals surface area contributed by atoms with Gasteiger partial charge in [0.05, 0.1) is 11.1 Å². The van der Waals surface area contributed by atoms with E-state index in [1.165, 1.54) is 3.57 Å². The summed E-state index contributed by atoms with van der Waals surface area (Å²) >= 11 is 3.86. The summed E-state index contributed by atoms with van der Waals surface area (Å²) in [5, 5.41) is 13.0. The number of aromatic nitrogens is 1. The number of hydrogen-bond acceptors (Lipinski definition) is 3. The van der Waals surface area contributed by atoms with Crippen LogP contribution in [0.3, 0.4) is 0 Å². The maximum atomic E-state index is 10.0. The molecule has 0 fully saturated rings. The van der Waals surface area contributed by atoms with Crippen LogP contribution in [0.15, 0.2) is 29.6 Å². The van der Waals surface area contributed by atoms with Gasteiger partial charge in [-0.15, -0.1) is 11.3 Å². The Morgan fingerprint density at radius 2 is 2.06 bits per heavy atom. The SMILES string of the molecule is Cc1csc(CC(O)c2ccc(I)cc2)n1. The molecule has 0 saturated heterocycles. The minimum atomic E-state index is -0.456. The molecule has 0 spiro atoms. The van der Waals surface area contributed by atoms with E-state index in [1.807, 2.05) is 36.6 Å². The summed E-state index contributed by atoms with van der Waals surface area (Å²) < 4.78 is 1.18. The van der Waals surface area contributed by atoms with Crippen LogP contribution in [-0.4, -0.2) is 10.1 Å². The summed E-state index contributed by atoms with van der Waals surface area (Å²) in [6, 6.07) is 7.94. The first kappa shape index (κ1) is 12.0. The maximum absolute atomic E-state index is 10.0. The number of aliphatic hydroxyl groups is 1. The highest BCUT2D eigenvalue weighted by molar-refractivity contribution is 14.1. The van der Waals surface area contributed by atoms with Gasteiger partial charge in [-0.05, 0) is 47.2 Å². The van der Waals surface area contributed by atoms with Crippen molar-refractivity contribution in [3.05, 3.63) is 49.5 Å². The molecule has 0 bridgehead atoms. The molecule has 4 heteroatoms. The molecule has 0 aliphatic carbocycles. The molecule has 16 heavy (non-hydrogen) atoms. The van der Waals surface area contributed by atoms with Crippen molar-refractivity contribution in [2.24, 2.45) is 0 Å². The number of rotatable bonds is 3. The average Bonchev–Trinajstić information content (AvgIpc) is 2.65. The standard InChI is InChI=1S/C12H12INOS/c1-8-7-16-12(14-8)6-11(15)9-2-4-10(13)5-3-9/h2-5,7,11,15H,6H2,1H3. The van der Waals surface area contributed by atoms with Crippen LogP contribution < -0.4 is 0 Å². The van der Waals surface area contributed by atoms with E-state index >= 15 is 0 Å². The van der Waals surface area contributed by atoms with E-state index in [9.17, 15) is 5.11 Å². The van der Waals surface area contributed by atoms with Crippen LogP contribution in [0, 0.1) is 10.5 Å². The number of aryl methyl sites for hydroxylation is 1. The minimum absolute atomic E-state index is 0.456. The number of halogens is 1. The molecule has 0 aliphatic heterocycles. The third-order valence-electron chi connectivity index (χ3n) is 2.29. The molecule has 1 heterocycles. The van der Waals surface area contributed by atoms with Crippen molar-refractivity contribution in [2.75, 3.05) is 0 Å². The zero-order valence-corrected chi connectivity index (χ0v) is 11.8. The van der Waals surface area contributed by atoms with Crippen molar-refractivity contribution in [3.8, 4) is 0 Å². The van der Waals surface area contributed by atoms with Crippen LogP contribution >= 0.6 is 33.9 Å². The minimum Gasteiger partial charge on any atom is -0.388 e. The first-order valence-corrected chi connectivity index (χ1v) is 6.95.